The molecule has 0 aromatic heterocycles. The number of benzene rings is 2. The van der Waals surface area contributed by atoms with Gasteiger partial charge in [-0.3, -0.25) is 9.64 Å². The molecule has 0 spiro atoms. The smallest absolute Gasteiger partial charge is 0.359 e. The molecule has 1 N–H and O–H groups in total. The minimum absolute atomic E-state index is 0.0785. The zero-order valence-electron chi connectivity index (χ0n) is 20.3. The van der Waals surface area contributed by atoms with Crippen LogP contribution in [0, 0.1) is 29.2 Å². The summed E-state index contributed by atoms with van der Waals surface area (Å²) in [5.74, 6) is -0.792. The van der Waals surface area contributed by atoms with Crippen molar-refractivity contribution in [1.82, 2.24) is 0 Å². The first-order chi connectivity index (χ1) is 17.8. The van der Waals surface area contributed by atoms with Crippen LogP contribution in [0.5, 0.6) is 5.75 Å². The van der Waals surface area contributed by atoms with Gasteiger partial charge in [-0.1, -0.05) is 12.2 Å². The van der Waals surface area contributed by atoms with E-state index in [1.165, 1.54) is 26.2 Å². The Morgan fingerprint density at radius 3 is 2.24 bits per heavy atom. The quantitative estimate of drug-likeness (QED) is 0.198. The summed E-state index contributed by atoms with van der Waals surface area (Å²) in [6.07, 6.45) is 3.42. The van der Waals surface area contributed by atoms with Gasteiger partial charge in [0, 0.05) is 26.1 Å². The molecule has 37 heavy (non-hydrogen) atoms. The van der Waals surface area contributed by atoms with E-state index in [0.29, 0.717) is 30.2 Å². The third kappa shape index (κ3) is 7.01. The molecule has 186 valence electrons. The van der Waals surface area contributed by atoms with Crippen molar-refractivity contribution < 1.29 is 19.1 Å². The molecule has 11 nitrogen and oxygen atoms in total. The lowest BCUT2D eigenvalue weighted by molar-refractivity contribution is -0.114. The molecule has 0 aliphatic carbocycles. The Bertz CT molecular complexity index is 1330. The number of hydrogen-bond acceptors (Lipinski definition) is 9. The molecule has 0 bridgehead atoms. The molecule has 0 aliphatic heterocycles. The van der Waals surface area contributed by atoms with E-state index in [-0.39, 0.29) is 34.0 Å². The molecule has 0 heterocycles. The number of azo groups is 1. The molecule has 0 radical (unpaired) electrons. The third-order valence-electron chi connectivity index (χ3n) is 4.75. The van der Waals surface area contributed by atoms with Crippen LogP contribution < -0.4 is 15.0 Å². The fourth-order valence-corrected chi connectivity index (χ4v) is 3.23. The van der Waals surface area contributed by atoms with Crippen molar-refractivity contribution in [1.29, 1.82) is 10.5 Å². The zero-order chi connectivity index (χ0) is 27.4. The number of ether oxygens (including phenoxy) is 2. The summed E-state index contributed by atoms with van der Waals surface area (Å²) in [4.78, 5) is 28.9. The summed E-state index contributed by atoms with van der Waals surface area (Å²) < 4.78 is 10.3. The highest BCUT2D eigenvalue weighted by molar-refractivity contribution is 5.94. The lowest BCUT2D eigenvalue weighted by Crippen LogP contribution is -2.24. The van der Waals surface area contributed by atoms with Crippen molar-refractivity contribution in [2.24, 2.45) is 10.2 Å². The van der Waals surface area contributed by atoms with Gasteiger partial charge in [-0.05, 0) is 18.2 Å². The van der Waals surface area contributed by atoms with E-state index in [1.54, 1.807) is 24.3 Å². The van der Waals surface area contributed by atoms with Crippen molar-refractivity contribution >= 4 is 34.6 Å². The van der Waals surface area contributed by atoms with Crippen molar-refractivity contribution in [3.05, 3.63) is 77.7 Å². The van der Waals surface area contributed by atoms with Crippen LogP contribution in [0.1, 0.15) is 28.4 Å². The predicted molar refractivity (Wildman–Crippen MR) is 137 cm³/mol. The Labute approximate surface area is 214 Å². The number of carbonyl (C=O) groups excluding carboxylic acids is 2. The van der Waals surface area contributed by atoms with Crippen molar-refractivity contribution in [3.63, 3.8) is 0 Å². The molecule has 0 unspecified atom stereocenters. The van der Waals surface area contributed by atoms with Crippen LogP contribution in [0.4, 0.5) is 22.7 Å². The molecule has 1 amide bonds. The Morgan fingerprint density at radius 1 is 1.14 bits per heavy atom. The number of nitriles is 2. The average molecular weight is 498 g/mol. The molecule has 2 aromatic rings. The van der Waals surface area contributed by atoms with E-state index >= 15 is 0 Å². The van der Waals surface area contributed by atoms with Crippen molar-refractivity contribution in [3.8, 4) is 17.9 Å². The van der Waals surface area contributed by atoms with Gasteiger partial charge in [-0.25, -0.2) is 11.4 Å². The summed E-state index contributed by atoms with van der Waals surface area (Å²) in [6, 6.07) is 9.38. The Morgan fingerprint density at radius 2 is 1.76 bits per heavy atom. The second-order valence-electron chi connectivity index (χ2n) is 7.27. The van der Waals surface area contributed by atoms with Crippen LogP contribution in [-0.2, 0) is 9.53 Å². The molecule has 2 rings (SSSR count). The summed E-state index contributed by atoms with van der Waals surface area (Å²) in [5, 5.41) is 30.2. The predicted octanol–water partition coefficient (Wildman–Crippen LogP) is 5.02. The molecular weight excluding hydrogens is 474 g/mol. The Kier molecular flexibility index (Phi) is 10.1. The highest BCUT2D eigenvalue weighted by Crippen LogP contribution is 2.40. The summed E-state index contributed by atoms with van der Waals surface area (Å²) in [7, 11) is 1.48. The minimum atomic E-state index is -0.857. The number of nitrogens with one attached hydrogen (secondary N) is 1. The lowest BCUT2D eigenvalue weighted by Gasteiger charge is -2.25. The van der Waals surface area contributed by atoms with Gasteiger partial charge in [0.05, 0.1) is 35.2 Å². The largest absolute Gasteiger partial charge is 0.494 e. The number of methoxy groups -OCH3 is 1. The summed E-state index contributed by atoms with van der Waals surface area (Å²) in [6.45, 7) is 16.0. The first kappa shape index (κ1) is 27.8. The van der Waals surface area contributed by atoms with Gasteiger partial charge in [0.15, 0.2) is 0 Å². The molecule has 0 saturated heterocycles. The number of rotatable bonds is 11. The number of nitrogens with zero attached hydrogens (tertiary/aromatic N) is 6. The van der Waals surface area contributed by atoms with Crippen LogP contribution in [0.2, 0.25) is 0 Å². The van der Waals surface area contributed by atoms with Crippen LogP contribution >= 0.6 is 0 Å². The number of amides is 1. The number of carbonyl (C=O) groups is 2. The molecule has 0 saturated carbocycles. The first-order valence-electron chi connectivity index (χ1n) is 10.7. The second kappa shape index (κ2) is 13.4. The van der Waals surface area contributed by atoms with Crippen LogP contribution in [-0.4, -0.2) is 38.8 Å². The average Bonchev–Trinajstić information content (AvgIpc) is 2.89. The first-order valence-corrected chi connectivity index (χ1v) is 10.7. The maximum absolute atomic E-state index is 12.1. The summed E-state index contributed by atoms with van der Waals surface area (Å²) in [5.41, 5.74) is 0.773. The third-order valence-corrected chi connectivity index (χ3v) is 4.75. The van der Waals surface area contributed by atoms with Gasteiger partial charge in [0.2, 0.25) is 5.91 Å². The highest BCUT2D eigenvalue weighted by Gasteiger charge is 2.19. The van der Waals surface area contributed by atoms with Gasteiger partial charge in [0.1, 0.15) is 29.3 Å². The molecule has 0 aliphatic rings. The number of hydrogen-bond donors (Lipinski definition) is 1. The minimum Gasteiger partial charge on any atom is -0.494 e. The fraction of sp³-hybridized carbons (Fsp3) is 0.192. The molecular formula is C26H23N7O4. The van der Waals surface area contributed by atoms with Gasteiger partial charge in [-0.15, -0.1) is 23.4 Å². The summed E-state index contributed by atoms with van der Waals surface area (Å²) >= 11 is 0. The van der Waals surface area contributed by atoms with E-state index in [4.69, 9.17) is 16.0 Å². The maximum Gasteiger partial charge on any atom is 0.359 e. The van der Waals surface area contributed by atoms with Gasteiger partial charge in [-0.2, -0.15) is 10.5 Å². The van der Waals surface area contributed by atoms with E-state index in [0.717, 1.165) is 0 Å². The molecule has 2 aromatic carbocycles. The second-order valence-corrected chi connectivity index (χ2v) is 7.27. The van der Waals surface area contributed by atoms with Crippen molar-refractivity contribution in [2.75, 3.05) is 37.1 Å². The van der Waals surface area contributed by atoms with Crippen molar-refractivity contribution in [2.45, 2.75) is 6.92 Å². The molecule has 0 fully saturated rings. The zero-order valence-corrected chi connectivity index (χ0v) is 20.3. The Balaban J connectivity index is 2.65. The van der Waals surface area contributed by atoms with Crippen LogP contribution in [0.15, 0.2) is 59.8 Å². The lowest BCUT2D eigenvalue weighted by atomic mass is 10.0. The fourth-order valence-electron chi connectivity index (χ4n) is 3.23. The number of anilines is 2. The normalized spacial score (nSPS) is 9.92. The van der Waals surface area contributed by atoms with Gasteiger partial charge >= 0.3 is 12.7 Å². The van der Waals surface area contributed by atoms with E-state index in [1.807, 2.05) is 17.0 Å². The van der Waals surface area contributed by atoms with E-state index < -0.39 is 12.7 Å². The highest BCUT2D eigenvalue weighted by atomic mass is 16.5. The van der Waals surface area contributed by atoms with Crippen LogP contribution in [0.3, 0.4) is 0 Å². The van der Waals surface area contributed by atoms with Crippen LogP contribution in [0.25, 0.3) is 4.85 Å². The SMILES string of the molecule is [C-]#[N+]COC(=O)c1cc(C#N)c(N=Nc2cc(OC)c(N(CC=C)CC=C)cc2NC(C)=O)c(C#N)c1. The topological polar surface area (TPSA) is 145 Å². The number of esters is 1. The maximum atomic E-state index is 12.1. The van der Waals surface area contributed by atoms with E-state index in [9.17, 15) is 20.1 Å². The van der Waals surface area contributed by atoms with Gasteiger partial charge < -0.3 is 19.7 Å². The molecule has 0 atom stereocenters. The van der Waals surface area contributed by atoms with E-state index in [2.05, 4.69) is 33.5 Å². The molecule has 11 heteroatoms. The monoisotopic (exact) mass is 497 g/mol. The Hall–Kier alpha value is -5.47. The van der Waals surface area contributed by atoms with Gasteiger partial charge in [0.25, 0.3) is 0 Å². The standard InChI is InChI=1S/C26H23N7O4/c1-6-8-33(9-7-2)23-12-21(30-17(3)34)22(13-24(23)36-5)31-32-25-19(14-27)10-18(11-20(25)15-28)26(35)37-16-29-4/h6-7,10-13H,1-2,8-9,16H2,3,5H3,(H,30,34).